The number of hydrogen-bond donors (Lipinski definition) is 1. The van der Waals surface area contributed by atoms with Crippen LogP contribution in [0.4, 0.5) is 4.39 Å². The molecule has 3 unspecified atom stereocenters. The monoisotopic (exact) mass is 263 g/mol. The van der Waals surface area contributed by atoms with Crippen LogP contribution in [-0.4, -0.2) is 0 Å². The molecule has 0 bridgehead atoms. The summed E-state index contributed by atoms with van der Waals surface area (Å²) in [5, 5.41) is 0. The smallest absolute Gasteiger partial charge is 0.128 e. The minimum Gasteiger partial charge on any atom is -0.321 e. The number of rotatable bonds is 4. The molecule has 0 heterocycles. The summed E-state index contributed by atoms with van der Waals surface area (Å²) in [7, 11) is 0. The number of benzene rings is 1. The van der Waals surface area contributed by atoms with E-state index in [1.54, 1.807) is 6.07 Å². The lowest BCUT2D eigenvalue weighted by Gasteiger charge is -2.42. The van der Waals surface area contributed by atoms with E-state index in [4.69, 9.17) is 5.73 Å². The predicted molar refractivity (Wildman–Crippen MR) is 78.3 cm³/mol. The number of halogens is 1. The Bertz CT molecular complexity index is 417. The molecule has 0 aliphatic heterocycles. The van der Waals surface area contributed by atoms with E-state index >= 15 is 0 Å². The van der Waals surface area contributed by atoms with Gasteiger partial charge in [0.2, 0.25) is 0 Å². The summed E-state index contributed by atoms with van der Waals surface area (Å²) >= 11 is 0. The van der Waals surface area contributed by atoms with Gasteiger partial charge in [0.15, 0.2) is 0 Å². The van der Waals surface area contributed by atoms with E-state index in [2.05, 4.69) is 13.8 Å². The maximum absolute atomic E-state index is 14.1. The summed E-state index contributed by atoms with van der Waals surface area (Å²) in [6, 6.07) is 7.04. The summed E-state index contributed by atoms with van der Waals surface area (Å²) < 4.78 is 14.1. The maximum atomic E-state index is 14.1. The van der Waals surface area contributed by atoms with Gasteiger partial charge in [-0.15, -0.1) is 0 Å². The van der Waals surface area contributed by atoms with E-state index < -0.39 is 5.54 Å². The van der Waals surface area contributed by atoms with Gasteiger partial charge in [0.25, 0.3) is 0 Å². The van der Waals surface area contributed by atoms with Crippen molar-refractivity contribution in [1.82, 2.24) is 0 Å². The molecule has 1 aliphatic rings. The molecule has 1 nitrogen and oxygen atoms in total. The minimum atomic E-state index is -0.501. The first-order valence-corrected chi connectivity index (χ1v) is 7.65. The molecule has 1 saturated carbocycles. The van der Waals surface area contributed by atoms with Crippen molar-refractivity contribution in [1.29, 1.82) is 0 Å². The van der Waals surface area contributed by atoms with Crippen LogP contribution in [0.15, 0.2) is 24.3 Å². The van der Waals surface area contributed by atoms with Crippen LogP contribution >= 0.6 is 0 Å². The Kier molecular flexibility index (Phi) is 4.62. The lowest BCUT2D eigenvalue weighted by atomic mass is 9.67. The summed E-state index contributed by atoms with van der Waals surface area (Å²) in [6.45, 7) is 4.34. The Balaban J connectivity index is 2.29. The van der Waals surface area contributed by atoms with Crippen molar-refractivity contribution in [2.45, 2.75) is 57.9 Å². The van der Waals surface area contributed by atoms with Crippen LogP contribution in [0.25, 0.3) is 0 Å². The average Bonchev–Trinajstić information content (AvgIpc) is 2.47. The fourth-order valence-electron chi connectivity index (χ4n) is 3.67. The zero-order chi connectivity index (χ0) is 13.9. The third-order valence-corrected chi connectivity index (χ3v) is 5.05. The lowest BCUT2D eigenvalue weighted by molar-refractivity contribution is 0.153. The highest BCUT2D eigenvalue weighted by Gasteiger charge is 2.39. The van der Waals surface area contributed by atoms with Gasteiger partial charge in [-0.2, -0.15) is 0 Å². The van der Waals surface area contributed by atoms with Crippen LogP contribution in [0.2, 0.25) is 0 Å². The van der Waals surface area contributed by atoms with Crippen molar-refractivity contribution < 1.29 is 4.39 Å². The first-order valence-electron chi connectivity index (χ1n) is 7.65. The van der Waals surface area contributed by atoms with Crippen molar-refractivity contribution in [2.75, 3.05) is 0 Å². The maximum Gasteiger partial charge on any atom is 0.128 e. The molecule has 1 fully saturated rings. The second kappa shape index (κ2) is 6.04. The van der Waals surface area contributed by atoms with Gasteiger partial charge < -0.3 is 5.73 Å². The van der Waals surface area contributed by atoms with Gasteiger partial charge in [-0.05, 0) is 37.2 Å². The molecular formula is C17H26FN. The fourth-order valence-corrected chi connectivity index (χ4v) is 3.67. The second-order valence-corrected chi connectivity index (χ2v) is 6.01. The number of nitrogens with two attached hydrogens (primary N) is 1. The molecule has 1 aromatic rings. The van der Waals surface area contributed by atoms with E-state index in [0.717, 1.165) is 25.2 Å². The first kappa shape index (κ1) is 14.5. The van der Waals surface area contributed by atoms with E-state index in [9.17, 15) is 4.39 Å². The van der Waals surface area contributed by atoms with Crippen LogP contribution in [0, 0.1) is 17.7 Å². The Hall–Kier alpha value is -0.890. The third kappa shape index (κ3) is 2.84. The van der Waals surface area contributed by atoms with Gasteiger partial charge in [0.1, 0.15) is 5.82 Å². The minimum absolute atomic E-state index is 0.148. The molecule has 1 aliphatic carbocycles. The van der Waals surface area contributed by atoms with Gasteiger partial charge in [-0.1, -0.05) is 51.3 Å². The molecule has 3 atom stereocenters. The molecule has 0 spiro atoms. The highest BCUT2D eigenvalue weighted by Crippen LogP contribution is 2.43. The van der Waals surface area contributed by atoms with Gasteiger partial charge in [-0.3, -0.25) is 0 Å². The predicted octanol–water partition coefficient (Wildman–Crippen LogP) is 4.61. The van der Waals surface area contributed by atoms with Crippen LogP contribution in [0.5, 0.6) is 0 Å². The van der Waals surface area contributed by atoms with E-state index in [1.165, 1.54) is 25.3 Å². The topological polar surface area (TPSA) is 26.0 Å². The third-order valence-electron chi connectivity index (χ3n) is 5.05. The largest absolute Gasteiger partial charge is 0.321 e. The van der Waals surface area contributed by atoms with Gasteiger partial charge in [-0.25, -0.2) is 4.39 Å². The van der Waals surface area contributed by atoms with Crippen LogP contribution in [0.1, 0.15) is 57.9 Å². The van der Waals surface area contributed by atoms with E-state index in [-0.39, 0.29) is 5.82 Å². The quantitative estimate of drug-likeness (QED) is 0.843. The zero-order valence-corrected chi connectivity index (χ0v) is 12.2. The molecule has 0 radical (unpaired) electrons. The lowest BCUT2D eigenvalue weighted by Crippen LogP contribution is -2.46. The van der Waals surface area contributed by atoms with Gasteiger partial charge in [0, 0.05) is 11.1 Å². The molecule has 106 valence electrons. The summed E-state index contributed by atoms with van der Waals surface area (Å²) in [4.78, 5) is 0. The Morgan fingerprint density at radius 2 is 2.00 bits per heavy atom. The molecule has 2 heteroatoms. The number of hydrogen-bond acceptors (Lipinski definition) is 1. The van der Waals surface area contributed by atoms with Crippen LogP contribution < -0.4 is 5.73 Å². The Morgan fingerprint density at radius 3 is 2.63 bits per heavy atom. The standard InChI is InChI=1S/C17H26FN/c1-3-13-8-7-9-14(12-13)17(19,4-2)15-10-5-6-11-16(15)18/h5-6,10-11,13-14H,3-4,7-9,12,19H2,1-2H3. The van der Waals surface area contributed by atoms with Gasteiger partial charge in [0.05, 0.1) is 0 Å². The second-order valence-electron chi connectivity index (χ2n) is 6.01. The van der Waals surface area contributed by atoms with E-state index in [1.807, 2.05) is 12.1 Å². The summed E-state index contributed by atoms with van der Waals surface area (Å²) in [5.74, 6) is 1.03. The van der Waals surface area contributed by atoms with Crippen molar-refractivity contribution in [3.05, 3.63) is 35.6 Å². The molecule has 2 rings (SSSR count). The highest BCUT2D eigenvalue weighted by molar-refractivity contribution is 5.27. The molecule has 0 aromatic heterocycles. The van der Waals surface area contributed by atoms with Crippen LogP contribution in [-0.2, 0) is 5.54 Å². The zero-order valence-electron chi connectivity index (χ0n) is 12.2. The summed E-state index contributed by atoms with van der Waals surface area (Å²) in [5.41, 5.74) is 6.88. The first-order chi connectivity index (χ1) is 9.11. The molecule has 1 aromatic carbocycles. The Labute approximate surface area is 116 Å². The summed E-state index contributed by atoms with van der Waals surface area (Å²) in [6.07, 6.45) is 6.84. The fraction of sp³-hybridized carbons (Fsp3) is 0.647. The van der Waals surface area contributed by atoms with Crippen molar-refractivity contribution >= 4 is 0 Å². The molecule has 0 amide bonds. The Morgan fingerprint density at radius 1 is 1.26 bits per heavy atom. The van der Waals surface area contributed by atoms with E-state index in [0.29, 0.717) is 11.5 Å². The molecule has 0 saturated heterocycles. The normalized spacial score (nSPS) is 26.9. The SMILES string of the molecule is CCC1CCCC(C(N)(CC)c2ccccc2F)C1. The molecule has 2 N–H and O–H groups in total. The average molecular weight is 263 g/mol. The van der Waals surface area contributed by atoms with Gasteiger partial charge >= 0.3 is 0 Å². The van der Waals surface area contributed by atoms with Crippen LogP contribution in [0.3, 0.4) is 0 Å². The molecule has 19 heavy (non-hydrogen) atoms. The van der Waals surface area contributed by atoms with Crippen molar-refractivity contribution in [3.63, 3.8) is 0 Å². The molecular weight excluding hydrogens is 237 g/mol. The van der Waals surface area contributed by atoms with Crippen molar-refractivity contribution in [3.8, 4) is 0 Å². The highest BCUT2D eigenvalue weighted by atomic mass is 19.1. The van der Waals surface area contributed by atoms with Crippen molar-refractivity contribution in [2.24, 2.45) is 17.6 Å².